The van der Waals surface area contributed by atoms with Gasteiger partial charge in [0.1, 0.15) is 0 Å². The molecule has 2 bridgehead atoms. The summed E-state index contributed by atoms with van der Waals surface area (Å²) in [7, 11) is 0. The van der Waals surface area contributed by atoms with Crippen molar-refractivity contribution < 1.29 is 0 Å². The van der Waals surface area contributed by atoms with E-state index in [4.69, 9.17) is 5.73 Å². The summed E-state index contributed by atoms with van der Waals surface area (Å²) in [6.45, 7) is 5.82. The van der Waals surface area contributed by atoms with E-state index in [1.165, 1.54) is 19.4 Å². The Morgan fingerprint density at radius 1 is 1.36 bits per heavy atom. The molecule has 1 heterocycles. The average molecular weight is 154 g/mol. The normalized spacial score (nSPS) is 44.2. The summed E-state index contributed by atoms with van der Waals surface area (Å²) in [5.74, 6) is 0.808. The smallest absolute Gasteiger partial charge is 0.0117 e. The predicted octanol–water partition coefficient (Wildman–Crippen LogP) is 0.816. The zero-order chi connectivity index (χ0) is 8.01. The van der Waals surface area contributed by atoms with E-state index in [1.807, 2.05) is 0 Å². The summed E-state index contributed by atoms with van der Waals surface area (Å²) in [5.41, 5.74) is 5.96. The molecule has 0 spiro atoms. The second-order valence-electron chi connectivity index (χ2n) is 4.34. The molecule has 1 saturated carbocycles. The van der Waals surface area contributed by atoms with Crippen LogP contribution < -0.4 is 5.73 Å². The number of piperidine rings is 1. The predicted molar refractivity (Wildman–Crippen MR) is 46.3 cm³/mol. The molecule has 64 valence electrons. The topological polar surface area (TPSA) is 29.3 Å². The molecule has 11 heavy (non-hydrogen) atoms. The van der Waals surface area contributed by atoms with Gasteiger partial charge in [0.25, 0.3) is 0 Å². The van der Waals surface area contributed by atoms with Crippen molar-refractivity contribution in [3.63, 3.8) is 0 Å². The first kappa shape index (κ1) is 7.56. The number of fused-ring (bicyclic) bond motifs is 2. The van der Waals surface area contributed by atoms with E-state index >= 15 is 0 Å². The molecular weight excluding hydrogens is 136 g/mol. The van der Waals surface area contributed by atoms with Crippen LogP contribution in [0.4, 0.5) is 0 Å². The van der Waals surface area contributed by atoms with Gasteiger partial charge in [-0.15, -0.1) is 0 Å². The van der Waals surface area contributed by atoms with Crippen molar-refractivity contribution in [2.75, 3.05) is 6.54 Å². The van der Waals surface area contributed by atoms with Crippen molar-refractivity contribution in [1.29, 1.82) is 0 Å². The Morgan fingerprint density at radius 3 is 2.45 bits per heavy atom. The summed E-state index contributed by atoms with van der Waals surface area (Å²) in [5, 5.41) is 0. The van der Waals surface area contributed by atoms with Crippen LogP contribution in [0.15, 0.2) is 0 Å². The Kier molecular flexibility index (Phi) is 1.69. The second-order valence-corrected chi connectivity index (χ2v) is 4.34. The fraction of sp³-hybridized carbons (Fsp3) is 1.00. The minimum atomic E-state index is 0.509. The summed E-state index contributed by atoms with van der Waals surface area (Å²) < 4.78 is 0. The van der Waals surface area contributed by atoms with E-state index in [1.54, 1.807) is 0 Å². The van der Waals surface area contributed by atoms with E-state index < -0.39 is 0 Å². The first-order valence-corrected chi connectivity index (χ1v) is 4.70. The van der Waals surface area contributed by atoms with Crippen LogP contribution in [0.5, 0.6) is 0 Å². The van der Waals surface area contributed by atoms with Crippen molar-refractivity contribution in [3.8, 4) is 0 Å². The SMILES string of the molecule is CC(C)N1C[C@@H]2C[C@H]1C[C@@H]2N. The third-order valence-corrected chi connectivity index (χ3v) is 3.30. The van der Waals surface area contributed by atoms with E-state index in [-0.39, 0.29) is 0 Å². The third kappa shape index (κ3) is 1.09. The zero-order valence-electron chi connectivity index (χ0n) is 7.46. The molecule has 1 aliphatic heterocycles. The lowest BCUT2D eigenvalue weighted by atomic mass is 10.0. The molecule has 1 saturated heterocycles. The van der Waals surface area contributed by atoms with E-state index in [0.717, 1.165) is 18.0 Å². The lowest BCUT2D eigenvalue weighted by Crippen LogP contribution is -2.44. The highest BCUT2D eigenvalue weighted by atomic mass is 15.2. The van der Waals surface area contributed by atoms with Crippen molar-refractivity contribution in [2.24, 2.45) is 11.7 Å². The van der Waals surface area contributed by atoms with Gasteiger partial charge in [0.2, 0.25) is 0 Å². The highest BCUT2D eigenvalue weighted by Gasteiger charge is 2.43. The average Bonchev–Trinajstić information content (AvgIpc) is 2.43. The van der Waals surface area contributed by atoms with E-state index in [2.05, 4.69) is 18.7 Å². The Bertz CT molecular complexity index is 154. The maximum Gasteiger partial charge on any atom is 0.0117 e. The van der Waals surface area contributed by atoms with Crippen LogP contribution in [-0.2, 0) is 0 Å². The fourth-order valence-electron chi connectivity index (χ4n) is 2.66. The van der Waals surface area contributed by atoms with Gasteiger partial charge in [0.15, 0.2) is 0 Å². The molecule has 2 heteroatoms. The van der Waals surface area contributed by atoms with Crippen LogP contribution in [0.3, 0.4) is 0 Å². The minimum Gasteiger partial charge on any atom is -0.327 e. The quantitative estimate of drug-likeness (QED) is 0.606. The minimum absolute atomic E-state index is 0.509. The number of hydrogen-bond acceptors (Lipinski definition) is 2. The third-order valence-electron chi connectivity index (χ3n) is 3.30. The molecule has 0 unspecified atom stereocenters. The highest BCUT2D eigenvalue weighted by molar-refractivity contribution is 5.00. The Balaban J connectivity index is 2.02. The molecule has 0 aromatic heterocycles. The standard InChI is InChI=1S/C9H18N2/c1-6(2)11-5-7-3-8(11)4-9(7)10/h6-9H,3-5,10H2,1-2H3/t7-,8-,9-/m0/s1. The van der Waals surface area contributed by atoms with Crippen molar-refractivity contribution in [3.05, 3.63) is 0 Å². The van der Waals surface area contributed by atoms with E-state index in [9.17, 15) is 0 Å². The molecule has 2 nitrogen and oxygen atoms in total. The number of rotatable bonds is 1. The number of nitrogens with zero attached hydrogens (tertiary/aromatic N) is 1. The van der Waals surface area contributed by atoms with E-state index in [0.29, 0.717) is 6.04 Å². The molecule has 0 aromatic rings. The molecule has 2 fully saturated rings. The van der Waals surface area contributed by atoms with Crippen LogP contribution in [0.1, 0.15) is 26.7 Å². The Labute approximate surface area is 68.7 Å². The Hall–Kier alpha value is -0.0800. The van der Waals surface area contributed by atoms with Crippen LogP contribution in [0.25, 0.3) is 0 Å². The molecule has 0 aromatic carbocycles. The van der Waals surface area contributed by atoms with Crippen molar-refractivity contribution in [1.82, 2.24) is 4.90 Å². The van der Waals surface area contributed by atoms with Crippen molar-refractivity contribution >= 4 is 0 Å². The number of likely N-dealkylation sites (tertiary alicyclic amines) is 1. The monoisotopic (exact) mass is 154 g/mol. The highest BCUT2D eigenvalue weighted by Crippen LogP contribution is 2.37. The summed E-state index contributed by atoms with van der Waals surface area (Å²) >= 11 is 0. The van der Waals surface area contributed by atoms with Crippen molar-refractivity contribution in [2.45, 2.75) is 44.8 Å². The fourth-order valence-corrected chi connectivity index (χ4v) is 2.66. The first-order chi connectivity index (χ1) is 5.18. The molecule has 3 atom stereocenters. The van der Waals surface area contributed by atoms with Gasteiger partial charge < -0.3 is 5.73 Å². The van der Waals surface area contributed by atoms with Gasteiger partial charge in [-0.3, -0.25) is 4.90 Å². The molecule has 1 aliphatic carbocycles. The van der Waals surface area contributed by atoms with Crippen LogP contribution in [0.2, 0.25) is 0 Å². The van der Waals surface area contributed by atoms with Gasteiger partial charge in [-0.1, -0.05) is 0 Å². The van der Waals surface area contributed by atoms with Gasteiger partial charge in [-0.2, -0.15) is 0 Å². The molecule has 2 aliphatic rings. The zero-order valence-corrected chi connectivity index (χ0v) is 7.46. The van der Waals surface area contributed by atoms with Crippen LogP contribution >= 0.6 is 0 Å². The van der Waals surface area contributed by atoms with Gasteiger partial charge in [-0.05, 0) is 32.6 Å². The number of hydrogen-bond donors (Lipinski definition) is 1. The van der Waals surface area contributed by atoms with Gasteiger partial charge in [-0.25, -0.2) is 0 Å². The summed E-state index contributed by atoms with van der Waals surface area (Å²) in [6.07, 6.45) is 2.60. The Morgan fingerprint density at radius 2 is 2.09 bits per heavy atom. The number of nitrogens with two attached hydrogens (primary N) is 1. The molecule has 2 N–H and O–H groups in total. The van der Waals surface area contributed by atoms with Gasteiger partial charge >= 0.3 is 0 Å². The van der Waals surface area contributed by atoms with Gasteiger partial charge in [0.05, 0.1) is 0 Å². The maximum atomic E-state index is 5.96. The molecule has 0 radical (unpaired) electrons. The lowest BCUT2D eigenvalue weighted by molar-refractivity contribution is 0.160. The first-order valence-electron chi connectivity index (χ1n) is 4.70. The maximum absolute atomic E-state index is 5.96. The molecule has 2 rings (SSSR count). The lowest BCUT2D eigenvalue weighted by Gasteiger charge is -2.32. The second kappa shape index (κ2) is 2.46. The molecular formula is C9H18N2. The summed E-state index contributed by atoms with van der Waals surface area (Å²) in [4.78, 5) is 2.61. The van der Waals surface area contributed by atoms with Gasteiger partial charge in [0, 0.05) is 24.7 Å². The van der Waals surface area contributed by atoms with Crippen LogP contribution in [0, 0.1) is 5.92 Å². The largest absolute Gasteiger partial charge is 0.327 e. The molecule has 0 amide bonds. The van der Waals surface area contributed by atoms with Crippen LogP contribution in [-0.4, -0.2) is 29.6 Å². The summed E-state index contributed by atoms with van der Waals surface area (Å²) in [6, 6.07) is 2.04.